The minimum Gasteiger partial charge on any atom is -0.493 e. The molecule has 0 atom stereocenters. The molecular formula is C23H18BrFN2O5. The van der Waals surface area contributed by atoms with Crippen molar-refractivity contribution >= 4 is 34.0 Å². The van der Waals surface area contributed by atoms with Crippen LogP contribution < -0.4 is 19.6 Å². The van der Waals surface area contributed by atoms with Crippen molar-refractivity contribution in [2.45, 2.75) is 0 Å². The third-order valence-electron chi connectivity index (χ3n) is 4.27. The molecule has 7 nitrogen and oxygen atoms in total. The van der Waals surface area contributed by atoms with Gasteiger partial charge in [-0.05, 0) is 60.7 Å². The first kappa shape index (κ1) is 23.0. The third-order valence-corrected chi connectivity index (χ3v) is 4.76. The lowest BCUT2D eigenvalue weighted by Gasteiger charge is -2.11. The van der Waals surface area contributed by atoms with E-state index in [-0.39, 0.29) is 16.9 Å². The first-order valence-corrected chi connectivity index (χ1v) is 10.0. The minimum absolute atomic E-state index is 0.229. The zero-order valence-electron chi connectivity index (χ0n) is 17.1. The summed E-state index contributed by atoms with van der Waals surface area (Å²) in [5.41, 5.74) is 3.30. The van der Waals surface area contributed by atoms with Gasteiger partial charge in [0.25, 0.3) is 5.91 Å². The van der Waals surface area contributed by atoms with Crippen LogP contribution in [0.4, 0.5) is 4.39 Å². The molecule has 0 radical (unpaired) electrons. The van der Waals surface area contributed by atoms with Gasteiger partial charge in [0.05, 0.1) is 26.0 Å². The Balaban J connectivity index is 1.76. The summed E-state index contributed by atoms with van der Waals surface area (Å²) in [5.74, 6) is -0.466. The minimum atomic E-state index is -0.613. The van der Waals surface area contributed by atoms with E-state index >= 15 is 0 Å². The number of rotatable bonds is 7. The van der Waals surface area contributed by atoms with Gasteiger partial charge in [0, 0.05) is 15.6 Å². The van der Waals surface area contributed by atoms with Gasteiger partial charge in [0.15, 0.2) is 11.5 Å². The molecule has 0 saturated carbocycles. The van der Waals surface area contributed by atoms with Crippen molar-refractivity contribution in [3.63, 3.8) is 0 Å². The van der Waals surface area contributed by atoms with Gasteiger partial charge in [-0.2, -0.15) is 5.10 Å². The Morgan fingerprint density at radius 3 is 2.25 bits per heavy atom. The van der Waals surface area contributed by atoms with E-state index in [0.717, 1.165) is 4.47 Å². The van der Waals surface area contributed by atoms with Crippen LogP contribution >= 0.6 is 15.9 Å². The van der Waals surface area contributed by atoms with Crippen molar-refractivity contribution in [1.82, 2.24) is 5.43 Å². The van der Waals surface area contributed by atoms with E-state index in [4.69, 9.17) is 14.2 Å². The number of hydrazone groups is 1. The Kier molecular flexibility index (Phi) is 7.56. The molecule has 1 N–H and O–H groups in total. The molecule has 0 heterocycles. The van der Waals surface area contributed by atoms with Crippen LogP contribution in [0.5, 0.6) is 17.2 Å². The van der Waals surface area contributed by atoms with Crippen LogP contribution in [0, 0.1) is 5.82 Å². The molecule has 3 aromatic rings. The van der Waals surface area contributed by atoms with Gasteiger partial charge in [-0.1, -0.05) is 15.9 Å². The molecule has 9 heteroatoms. The summed E-state index contributed by atoms with van der Waals surface area (Å²) in [6, 6.07) is 14.7. The smallest absolute Gasteiger partial charge is 0.343 e. The Morgan fingerprint density at radius 1 is 0.906 bits per heavy atom. The van der Waals surface area contributed by atoms with Crippen LogP contribution in [0.3, 0.4) is 0 Å². The first-order valence-electron chi connectivity index (χ1n) is 9.24. The average Bonchev–Trinajstić information content (AvgIpc) is 2.80. The first-order chi connectivity index (χ1) is 15.4. The molecule has 0 aliphatic carbocycles. The number of halogens is 2. The SMILES string of the molecule is COc1ccc(C(=O)Oc2ccc(Br)cc2/C=N\NC(=O)c2ccc(F)cc2)cc1OC. The molecule has 0 aliphatic rings. The lowest BCUT2D eigenvalue weighted by Crippen LogP contribution is -2.17. The molecule has 0 bridgehead atoms. The van der Waals surface area contributed by atoms with Crippen molar-refractivity contribution in [3.8, 4) is 17.2 Å². The Hall–Kier alpha value is -3.72. The summed E-state index contributed by atoms with van der Waals surface area (Å²) in [5, 5.41) is 3.91. The Labute approximate surface area is 191 Å². The molecular weight excluding hydrogens is 483 g/mol. The topological polar surface area (TPSA) is 86.2 Å². The summed E-state index contributed by atoms with van der Waals surface area (Å²) in [4.78, 5) is 24.7. The maximum atomic E-state index is 13.0. The fourth-order valence-corrected chi connectivity index (χ4v) is 3.04. The largest absolute Gasteiger partial charge is 0.493 e. The van der Waals surface area contributed by atoms with Crippen molar-refractivity contribution < 1.29 is 28.2 Å². The maximum absolute atomic E-state index is 13.0. The molecule has 164 valence electrons. The zero-order valence-corrected chi connectivity index (χ0v) is 18.7. The van der Waals surface area contributed by atoms with Gasteiger partial charge in [-0.3, -0.25) is 4.79 Å². The van der Waals surface area contributed by atoms with Crippen LogP contribution in [-0.4, -0.2) is 32.3 Å². The number of methoxy groups -OCH3 is 2. The van der Waals surface area contributed by atoms with Crippen LogP contribution in [0.1, 0.15) is 26.3 Å². The molecule has 0 unspecified atom stereocenters. The van der Waals surface area contributed by atoms with E-state index in [1.165, 1.54) is 50.8 Å². The highest BCUT2D eigenvalue weighted by atomic mass is 79.9. The molecule has 0 spiro atoms. The van der Waals surface area contributed by atoms with Crippen LogP contribution in [0.15, 0.2) is 70.2 Å². The fourth-order valence-electron chi connectivity index (χ4n) is 2.66. The summed E-state index contributed by atoms with van der Waals surface area (Å²) < 4.78 is 29.6. The number of nitrogens with zero attached hydrogens (tertiary/aromatic N) is 1. The number of ether oxygens (including phenoxy) is 3. The number of nitrogens with one attached hydrogen (secondary N) is 1. The highest BCUT2D eigenvalue weighted by Gasteiger charge is 2.15. The Bertz CT molecular complexity index is 1170. The molecule has 0 fully saturated rings. The molecule has 0 saturated heterocycles. The number of hydrogen-bond acceptors (Lipinski definition) is 6. The van der Waals surface area contributed by atoms with Gasteiger partial charge < -0.3 is 14.2 Å². The summed E-state index contributed by atoms with van der Waals surface area (Å²) >= 11 is 3.35. The van der Waals surface area contributed by atoms with E-state index in [2.05, 4.69) is 26.5 Å². The van der Waals surface area contributed by atoms with Gasteiger partial charge in [0.1, 0.15) is 11.6 Å². The summed E-state index contributed by atoms with van der Waals surface area (Å²) in [6.45, 7) is 0. The molecule has 3 aromatic carbocycles. The standard InChI is InChI=1S/C23H18BrFN2O5/c1-30-20-9-5-15(12-21(20)31-2)23(29)32-19-10-6-17(24)11-16(19)13-26-27-22(28)14-3-7-18(25)8-4-14/h3-13H,1-2H3,(H,27,28)/b26-13-. The average molecular weight is 501 g/mol. The molecule has 32 heavy (non-hydrogen) atoms. The molecule has 1 amide bonds. The zero-order chi connectivity index (χ0) is 23.1. The van der Waals surface area contributed by atoms with Gasteiger partial charge in [0.2, 0.25) is 0 Å². The number of amides is 1. The second-order valence-corrected chi connectivity index (χ2v) is 7.26. The van der Waals surface area contributed by atoms with Gasteiger partial charge in [-0.15, -0.1) is 0 Å². The Morgan fingerprint density at radius 2 is 1.56 bits per heavy atom. The monoisotopic (exact) mass is 500 g/mol. The van der Waals surface area contributed by atoms with E-state index in [1.54, 1.807) is 30.3 Å². The summed E-state index contributed by atoms with van der Waals surface area (Å²) in [7, 11) is 2.97. The number of benzene rings is 3. The van der Waals surface area contributed by atoms with Crippen LogP contribution in [0.25, 0.3) is 0 Å². The number of hydrogen-bond donors (Lipinski definition) is 1. The van der Waals surface area contributed by atoms with E-state index in [1.807, 2.05) is 0 Å². The lowest BCUT2D eigenvalue weighted by atomic mass is 10.2. The molecule has 0 aliphatic heterocycles. The summed E-state index contributed by atoms with van der Waals surface area (Å²) in [6.07, 6.45) is 1.34. The maximum Gasteiger partial charge on any atom is 0.343 e. The normalized spacial score (nSPS) is 10.6. The fraction of sp³-hybridized carbons (Fsp3) is 0.0870. The predicted molar refractivity (Wildman–Crippen MR) is 120 cm³/mol. The number of carbonyl (C=O) groups is 2. The van der Waals surface area contributed by atoms with Crippen molar-refractivity contribution in [1.29, 1.82) is 0 Å². The third kappa shape index (κ3) is 5.70. The predicted octanol–water partition coefficient (Wildman–Crippen LogP) is 4.59. The van der Waals surface area contributed by atoms with E-state index in [0.29, 0.717) is 17.1 Å². The van der Waals surface area contributed by atoms with Crippen molar-refractivity contribution in [2.24, 2.45) is 5.10 Å². The number of esters is 1. The van der Waals surface area contributed by atoms with Crippen LogP contribution in [0.2, 0.25) is 0 Å². The van der Waals surface area contributed by atoms with E-state index < -0.39 is 17.7 Å². The van der Waals surface area contributed by atoms with Gasteiger partial charge >= 0.3 is 5.97 Å². The second kappa shape index (κ2) is 10.5. The highest BCUT2D eigenvalue weighted by molar-refractivity contribution is 9.10. The van der Waals surface area contributed by atoms with Crippen molar-refractivity contribution in [2.75, 3.05) is 14.2 Å². The quantitative estimate of drug-likeness (QED) is 0.222. The van der Waals surface area contributed by atoms with Crippen LogP contribution in [-0.2, 0) is 0 Å². The lowest BCUT2D eigenvalue weighted by molar-refractivity contribution is 0.0733. The number of carbonyl (C=O) groups excluding carboxylic acids is 2. The van der Waals surface area contributed by atoms with Gasteiger partial charge in [-0.25, -0.2) is 14.6 Å². The molecule has 3 rings (SSSR count). The molecule has 0 aromatic heterocycles. The second-order valence-electron chi connectivity index (χ2n) is 6.35. The van der Waals surface area contributed by atoms with Crippen molar-refractivity contribution in [3.05, 3.63) is 87.6 Å². The van der Waals surface area contributed by atoms with E-state index in [9.17, 15) is 14.0 Å². The highest BCUT2D eigenvalue weighted by Crippen LogP contribution is 2.29.